The summed E-state index contributed by atoms with van der Waals surface area (Å²) in [6, 6.07) is 0. The minimum Gasteiger partial charge on any atom is -0.401 e. The van der Waals surface area contributed by atoms with Gasteiger partial charge in [0.2, 0.25) is 0 Å². The molecule has 0 radical (unpaired) electrons. The first-order valence-electron chi connectivity index (χ1n) is 6.58. The summed E-state index contributed by atoms with van der Waals surface area (Å²) in [5.74, 6) is 5.65. The molecule has 0 fully saturated rings. The molecular formula is C13H30N4O. The van der Waals surface area contributed by atoms with Crippen molar-refractivity contribution in [3.63, 3.8) is 0 Å². The van der Waals surface area contributed by atoms with E-state index in [4.69, 9.17) is 16.3 Å². The van der Waals surface area contributed by atoms with E-state index < -0.39 is 0 Å². The average Bonchev–Trinajstić information content (AvgIpc) is 2.28. The van der Waals surface area contributed by atoms with Crippen LogP contribution in [0.4, 0.5) is 0 Å². The number of hydrogen-bond acceptors (Lipinski definition) is 5. The van der Waals surface area contributed by atoms with Crippen LogP contribution in [0.15, 0.2) is 11.9 Å². The fourth-order valence-corrected chi connectivity index (χ4v) is 1.39. The Kier molecular flexibility index (Phi) is 7.98. The van der Waals surface area contributed by atoms with Gasteiger partial charge in [0.15, 0.2) is 0 Å². The second kappa shape index (κ2) is 8.34. The largest absolute Gasteiger partial charge is 0.401 e. The highest BCUT2D eigenvalue weighted by Crippen LogP contribution is 2.10. The molecule has 0 saturated carbocycles. The van der Waals surface area contributed by atoms with Gasteiger partial charge in [-0.25, -0.2) is 5.84 Å². The van der Waals surface area contributed by atoms with Crippen LogP contribution in [0.5, 0.6) is 0 Å². The predicted octanol–water partition coefficient (Wildman–Crippen LogP) is 1.17. The zero-order valence-electron chi connectivity index (χ0n) is 12.5. The van der Waals surface area contributed by atoms with E-state index in [1.807, 2.05) is 20.9 Å². The molecule has 0 aromatic carbocycles. The van der Waals surface area contributed by atoms with E-state index in [1.54, 1.807) is 11.2 Å². The normalized spacial score (nSPS) is 14.7. The Morgan fingerprint density at radius 2 is 2.11 bits per heavy atom. The quantitative estimate of drug-likeness (QED) is 0.427. The molecule has 0 rings (SSSR count). The van der Waals surface area contributed by atoms with Crippen LogP contribution < -0.4 is 16.9 Å². The smallest absolute Gasteiger partial charge is 0.0601 e. The van der Waals surface area contributed by atoms with Gasteiger partial charge in [0.05, 0.1) is 6.10 Å². The van der Waals surface area contributed by atoms with Crippen LogP contribution in [0.2, 0.25) is 0 Å². The zero-order valence-corrected chi connectivity index (χ0v) is 12.5. The molecule has 0 aromatic heterocycles. The molecule has 0 aromatic rings. The molecule has 0 bridgehead atoms. The molecule has 1 unspecified atom stereocenters. The van der Waals surface area contributed by atoms with E-state index in [2.05, 4.69) is 19.2 Å². The van der Waals surface area contributed by atoms with Crippen molar-refractivity contribution in [2.75, 3.05) is 20.2 Å². The molecular weight excluding hydrogens is 228 g/mol. The van der Waals surface area contributed by atoms with Crippen molar-refractivity contribution in [2.24, 2.45) is 11.6 Å². The second-order valence-corrected chi connectivity index (χ2v) is 5.30. The third kappa shape index (κ3) is 8.33. The number of nitrogens with zero attached hydrogens (tertiary/aromatic N) is 1. The second-order valence-electron chi connectivity index (χ2n) is 5.30. The van der Waals surface area contributed by atoms with Crippen LogP contribution in [-0.2, 0) is 4.74 Å². The van der Waals surface area contributed by atoms with Crippen molar-refractivity contribution in [1.82, 2.24) is 10.3 Å². The van der Waals surface area contributed by atoms with Crippen molar-refractivity contribution in [2.45, 2.75) is 52.2 Å². The van der Waals surface area contributed by atoms with E-state index in [1.165, 1.54) is 0 Å². The molecule has 5 N–H and O–H groups in total. The van der Waals surface area contributed by atoms with Gasteiger partial charge < -0.3 is 20.8 Å². The highest BCUT2D eigenvalue weighted by molar-refractivity contribution is 4.96. The van der Waals surface area contributed by atoms with Gasteiger partial charge in [-0.05, 0) is 41.2 Å². The fourth-order valence-electron chi connectivity index (χ4n) is 1.39. The standard InChI is InChI=1S/C13H30N4O/c1-6-17(15)10-12(14)9-11(2)18-8-7-13(3,4)16-5/h10-11,16H,6-9,14-15H2,1-5H3/b12-10-. The maximum absolute atomic E-state index is 5.88. The van der Waals surface area contributed by atoms with Gasteiger partial charge >= 0.3 is 0 Å². The molecule has 0 spiro atoms. The molecule has 18 heavy (non-hydrogen) atoms. The van der Waals surface area contributed by atoms with Gasteiger partial charge in [-0.2, -0.15) is 0 Å². The highest BCUT2D eigenvalue weighted by Gasteiger charge is 2.15. The fraction of sp³-hybridized carbons (Fsp3) is 0.846. The molecule has 0 amide bonds. The van der Waals surface area contributed by atoms with Gasteiger partial charge in [0, 0.05) is 37.0 Å². The summed E-state index contributed by atoms with van der Waals surface area (Å²) < 4.78 is 5.75. The van der Waals surface area contributed by atoms with Crippen molar-refractivity contribution in [3.05, 3.63) is 11.9 Å². The Labute approximate surface area is 112 Å². The van der Waals surface area contributed by atoms with E-state index in [-0.39, 0.29) is 11.6 Å². The number of ether oxygens (including phenoxy) is 1. The van der Waals surface area contributed by atoms with Crippen LogP contribution in [0.1, 0.15) is 40.5 Å². The van der Waals surface area contributed by atoms with Crippen molar-refractivity contribution < 1.29 is 4.74 Å². The predicted molar refractivity (Wildman–Crippen MR) is 76.6 cm³/mol. The molecule has 0 saturated heterocycles. The number of nitrogens with two attached hydrogens (primary N) is 2. The van der Waals surface area contributed by atoms with E-state index in [0.29, 0.717) is 6.42 Å². The third-order valence-corrected chi connectivity index (χ3v) is 3.03. The Morgan fingerprint density at radius 3 is 2.61 bits per heavy atom. The van der Waals surface area contributed by atoms with Crippen molar-refractivity contribution in [3.8, 4) is 0 Å². The molecule has 0 heterocycles. The zero-order chi connectivity index (χ0) is 14.2. The first kappa shape index (κ1) is 17.2. The lowest BCUT2D eigenvalue weighted by molar-refractivity contribution is 0.0532. The van der Waals surface area contributed by atoms with Gasteiger partial charge in [-0.15, -0.1) is 0 Å². The van der Waals surface area contributed by atoms with Crippen LogP contribution in [-0.4, -0.2) is 36.9 Å². The molecule has 108 valence electrons. The summed E-state index contributed by atoms with van der Waals surface area (Å²) in [7, 11) is 1.96. The average molecular weight is 258 g/mol. The van der Waals surface area contributed by atoms with Crippen LogP contribution in [0, 0.1) is 0 Å². The lowest BCUT2D eigenvalue weighted by atomic mass is 10.0. The SMILES string of the molecule is CCN(N)/C=C(\N)CC(C)OCCC(C)(C)NC. The van der Waals surface area contributed by atoms with Crippen molar-refractivity contribution in [1.29, 1.82) is 0 Å². The van der Waals surface area contributed by atoms with Gasteiger partial charge in [0.1, 0.15) is 0 Å². The molecule has 0 aliphatic rings. The van der Waals surface area contributed by atoms with E-state index in [9.17, 15) is 0 Å². The monoisotopic (exact) mass is 258 g/mol. The summed E-state index contributed by atoms with van der Waals surface area (Å²) in [4.78, 5) is 0. The van der Waals surface area contributed by atoms with E-state index >= 15 is 0 Å². The number of hydrazine groups is 1. The topological polar surface area (TPSA) is 76.5 Å². The van der Waals surface area contributed by atoms with E-state index in [0.717, 1.165) is 25.3 Å². The Bertz CT molecular complexity index is 253. The lowest BCUT2D eigenvalue weighted by Gasteiger charge is -2.25. The minimum absolute atomic E-state index is 0.109. The van der Waals surface area contributed by atoms with Gasteiger partial charge in [-0.1, -0.05) is 0 Å². The van der Waals surface area contributed by atoms with Gasteiger partial charge in [0.25, 0.3) is 0 Å². The summed E-state index contributed by atoms with van der Waals surface area (Å²) in [6.45, 7) is 9.78. The Balaban J connectivity index is 3.91. The van der Waals surface area contributed by atoms with Crippen LogP contribution >= 0.6 is 0 Å². The molecule has 5 heteroatoms. The number of hydrogen-bond donors (Lipinski definition) is 3. The summed E-state index contributed by atoms with van der Waals surface area (Å²) >= 11 is 0. The van der Waals surface area contributed by atoms with Crippen LogP contribution in [0.3, 0.4) is 0 Å². The van der Waals surface area contributed by atoms with Crippen molar-refractivity contribution >= 4 is 0 Å². The summed E-state index contributed by atoms with van der Waals surface area (Å²) in [5.41, 5.74) is 6.74. The summed E-state index contributed by atoms with van der Waals surface area (Å²) in [5, 5.41) is 4.83. The maximum atomic E-state index is 5.88. The van der Waals surface area contributed by atoms with Gasteiger partial charge in [-0.3, -0.25) is 0 Å². The first-order valence-corrected chi connectivity index (χ1v) is 6.58. The Morgan fingerprint density at radius 1 is 1.50 bits per heavy atom. The molecule has 0 aliphatic heterocycles. The Hall–Kier alpha value is -0.780. The number of nitrogens with one attached hydrogen (secondary N) is 1. The highest BCUT2D eigenvalue weighted by atomic mass is 16.5. The molecule has 1 atom stereocenters. The number of rotatable bonds is 9. The molecule has 0 aliphatic carbocycles. The van der Waals surface area contributed by atoms with Crippen LogP contribution in [0.25, 0.3) is 0 Å². The lowest BCUT2D eigenvalue weighted by Crippen LogP contribution is -2.37. The maximum Gasteiger partial charge on any atom is 0.0601 e. The summed E-state index contributed by atoms with van der Waals surface area (Å²) in [6.07, 6.45) is 3.54. The molecule has 5 nitrogen and oxygen atoms in total. The first-order chi connectivity index (χ1) is 8.30. The third-order valence-electron chi connectivity index (χ3n) is 3.03. The minimum atomic E-state index is 0.109.